The first-order chi connectivity index (χ1) is 7.69. The van der Waals surface area contributed by atoms with Crippen LogP contribution in [0.2, 0.25) is 0 Å². The highest BCUT2D eigenvalue weighted by atomic mass is 15.2. The van der Waals surface area contributed by atoms with Crippen LogP contribution < -0.4 is 0 Å². The number of hydrogen-bond acceptors (Lipinski definition) is 1. The zero-order valence-electron chi connectivity index (χ0n) is 10.3. The molecule has 0 N–H and O–H groups in total. The van der Waals surface area contributed by atoms with E-state index in [0.29, 0.717) is 6.04 Å². The highest BCUT2D eigenvalue weighted by Gasteiger charge is 2.51. The second-order valence-corrected chi connectivity index (χ2v) is 6.01. The van der Waals surface area contributed by atoms with Gasteiger partial charge in [0, 0.05) is 19.1 Å². The molecule has 0 radical (unpaired) electrons. The van der Waals surface area contributed by atoms with E-state index in [2.05, 4.69) is 49.1 Å². The van der Waals surface area contributed by atoms with Gasteiger partial charge in [-0.1, -0.05) is 37.3 Å². The van der Waals surface area contributed by atoms with Crippen LogP contribution in [0.4, 0.5) is 0 Å². The highest BCUT2D eigenvalue weighted by molar-refractivity contribution is 5.20. The molecule has 1 heterocycles. The molecule has 1 aromatic carbocycles. The maximum absolute atomic E-state index is 2.63. The maximum Gasteiger partial charge on any atom is 0.0320 e. The van der Waals surface area contributed by atoms with E-state index >= 15 is 0 Å². The molecule has 1 aromatic rings. The Bertz CT molecular complexity index is 356. The highest BCUT2D eigenvalue weighted by Crippen LogP contribution is 2.53. The average molecular weight is 215 g/mol. The Balaban J connectivity index is 1.61. The quantitative estimate of drug-likeness (QED) is 0.730. The number of benzene rings is 1. The minimum Gasteiger partial charge on any atom is -0.295 e. The fourth-order valence-corrected chi connectivity index (χ4v) is 3.71. The van der Waals surface area contributed by atoms with Crippen molar-refractivity contribution in [2.75, 3.05) is 13.1 Å². The minimum atomic E-state index is 0.600. The number of likely N-dealkylation sites (tertiary alicyclic amines) is 1. The van der Waals surface area contributed by atoms with Crippen LogP contribution in [0.1, 0.15) is 38.3 Å². The molecule has 1 nitrogen and oxygen atoms in total. The summed E-state index contributed by atoms with van der Waals surface area (Å²) in [5.74, 6) is 0.981. The van der Waals surface area contributed by atoms with Gasteiger partial charge in [-0.2, -0.15) is 0 Å². The van der Waals surface area contributed by atoms with Crippen molar-refractivity contribution < 1.29 is 0 Å². The predicted molar refractivity (Wildman–Crippen MR) is 67.3 cm³/mol. The second-order valence-electron chi connectivity index (χ2n) is 6.01. The number of nitrogens with zero attached hydrogens (tertiary/aromatic N) is 1. The molecule has 3 rings (SSSR count). The fraction of sp³-hybridized carbons (Fsp3) is 0.600. The largest absolute Gasteiger partial charge is 0.295 e. The third kappa shape index (κ3) is 1.58. The first-order valence-corrected chi connectivity index (χ1v) is 6.48. The first-order valence-electron chi connectivity index (χ1n) is 6.48. The van der Waals surface area contributed by atoms with Crippen molar-refractivity contribution in [3.8, 4) is 0 Å². The average Bonchev–Trinajstić information content (AvgIpc) is 2.22. The lowest BCUT2D eigenvalue weighted by Crippen LogP contribution is -2.62. The van der Waals surface area contributed by atoms with Crippen molar-refractivity contribution in [2.24, 2.45) is 11.3 Å². The van der Waals surface area contributed by atoms with Crippen LogP contribution in [0.3, 0.4) is 0 Å². The molecule has 1 unspecified atom stereocenters. The second kappa shape index (κ2) is 3.59. The third-order valence-corrected chi connectivity index (χ3v) is 4.47. The number of rotatable bonds is 2. The van der Waals surface area contributed by atoms with Crippen molar-refractivity contribution in [1.29, 1.82) is 0 Å². The van der Waals surface area contributed by atoms with Crippen LogP contribution in [0.15, 0.2) is 30.3 Å². The predicted octanol–water partition coefficient (Wildman–Crippen LogP) is 3.48. The minimum absolute atomic E-state index is 0.600. The maximum atomic E-state index is 2.63. The summed E-state index contributed by atoms with van der Waals surface area (Å²) in [5, 5.41) is 0. The molecule has 1 saturated heterocycles. The normalized spacial score (nSPS) is 26.1. The molecule has 1 spiro atoms. The lowest BCUT2D eigenvalue weighted by Gasteiger charge is -2.60. The van der Waals surface area contributed by atoms with E-state index in [1.165, 1.54) is 31.5 Å². The Labute approximate surface area is 98.5 Å². The summed E-state index contributed by atoms with van der Waals surface area (Å²) in [7, 11) is 0. The molecule has 0 amide bonds. The van der Waals surface area contributed by atoms with Gasteiger partial charge in [-0.15, -0.1) is 0 Å². The molecular formula is C15H21N. The van der Waals surface area contributed by atoms with E-state index in [1.807, 2.05) is 0 Å². The van der Waals surface area contributed by atoms with Gasteiger partial charge in [-0.05, 0) is 36.7 Å². The van der Waals surface area contributed by atoms with Crippen molar-refractivity contribution in [3.63, 3.8) is 0 Å². The lowest BCUT2D eigenvalue weighted by atomic mass is 9.58. The standard InChI is InChI=1S/C15H21N/c1-12-8-15(9-12)10-16(11-15)13(2)14-6-4-3-5-7-14/h3-7,12-13H,8-11H2,1-2H3. The van der Waals surface area contributed by atoms with E-state index in [4.69, 9.17) is 0 Å². The molecule has 0 aromatic heterocycles. The molecular weight excluding hydrogens is 194 g/mol. The lowest BCUT2D eigenvalue weighted by molar-refractivity contribution is -0.106. The van der Waals surface area contributed by atoms with E-state index in [9.17, 15) is 0 Å². The van der Waals surface area contributed by atoms with Crippen LogP contribution in [0.25, 0.3) is 0 Å². The van der Waals surface area contributed by atoms with Gasteiger partial charge >= 0.3 is 0 Å². The SMILES string of the molecule is CC1CC2(C1)CN(C(C)c1ccccc1)C2. The van der Waals surface area contributed by atoms with Crippen molar-refractivity contribution in [1.82, 2.24) is 4.90 Å². The van der Waals surface area contributed by atoms with Crippen molar-refractivity contribution >= 4 is 0 Å². The summed E-state index contributed by atoms with van der Waals surface area (Å²) in [4.78, 5) is 2.63. The van der Waals surface area contributed by atoms with Gasteiger partial charge in [0.2, 0.25) is 0 Å². The molecule has 2 aliphatic rings. The third-order valence-electron chi connectivity index (χ3n) is 4.47. The summed E-state index contributed by atoms with van der Waals surface area (Å²) in [5.41, 5.74) is 2.19. The summed E-state index contributed by atoms with van der Waals surface area (Å²) < 4.78 is 0. The van der Waals surface area contributed by atoms with Gasteiger partial charge in [-0.3, -0.25) is 4.90 Å². The molecule has 1 aliphatic carbocycles. The number of hydrogen-bond donors (Lipinski definition) is 0. The van der Waals surface area contributed by atoms with Crippen LogP contribution in [0, 0.1) is 11.3 Å². The zero-order chi connectivity index (χ0) is 11.2. The van der Waals surface area contributed by atoms with Gasteiger partial charge in [0.1, 0.15) is 0 Å². The van der Waals surface area contributed by atoms with Crippen molar-refractivity contribution in [3.05, 3.63) is 35.9 Å². The van der Waals surface area contributed by atoms with Gasteiger partial charge < -0.3 is 0 Å². The molecule has 2 fully saturated rings. The first kappa shape index (κ1) is 10.3. The molecule has 1 saturated carbocycles. The molecule has 0 bridgehead atoms. The molecule has 86 valence electrons. The molecule has 1 atom stereocenters. The summed E-state index contributed by atoms with van der Waals surface area (Å²) in [6, 6.07) is 11.5. The molecule has 1 aliphatic heterocycles. The van der Waals surface area contributed by atoms with E-state index in [1.54, 1.807) is 0 Å². The Kier molecular flexibility index (Phi) is 2.32. The van der Waals surface area contributed by atoms with Gasteiger partial charge in [-0.25, -0.2) is 0 Å². The van der Waals surface area contributed by atoms with Crippen molar-refractivity contribution in [2.45, 2.75) is 32.7 Å². The van der Waals surface area contributed by atoms with Crippen LogP contribution in [0.5, 0.6) is 0 Å². The Morgan fingerprint density at radius 2 is 1.81 bits per heavy atom. The van der Waals surface area contributed by atoms with E-state index < -0.39 is 0 Å². The Hall–Kier alpha value is -0.820. The topological polar surface area (TPSA) is 3.24 Å². The Morgan fingerprint density at radius 3 is 2.38 bits per heavy atom. The monoisotopic (exact) mass is 215 g/mol. The summed E-state index contributed by atoms with van der Waals surface area (Å²) in [6.07, 6.45) is 2.93. The van der Waals surface area contributed by atoms with Crippen LogP contribution in [-0.2, 0) is 0 Å². The van der Waals surface area contributed by atoms with E-state index in [0.717, 1.165) is 11.3 Å². The Morgan fingerprint density at radius 1 is 1.19 bits per heavy atom. The zero-order valence-corrected chi connectivity index (χ0v) is 10.3. The van der Waals surface area contributed by atoms with Gasteiger partial charge in [0.15, 0.2) is 0 Å². The van der Waals surface area contributed by atoms with E-state index in [-0.39, 0.29) is 0 Å². The van der Waals surface area contributed by atoms with Gasteiger partial charge in [0.05, 0.1) is 0 Å². The smallest absolute Gasteiger partial charge is 0.0320 e. The van der Waals surface area contributed by atoms with Crippen LogP contribution >= 0.6 is 0 Å². The molecule has 16 heavy (non-hydrogen) atoms. The summed E-state index contributed by atoms with van der Waals surface area (Å²) in [6.45, 7) is 7.37. The van der Waals surface area contributed by atoms with Crippen LogP contribution in [-0.4, -0.2) is 18.0 Å². The molecule has 1 heteroatoms. The van der Waals surface area contributed by atoms with Gasteiger partial charge in [0.25, 0.3) is 0 Å². The fourth-order valence-electron chi connectivity index (χ4n) is 3.71. The summed E-state index contributed by atoms with van der Waals surface area (Å²) >= 11 is 0.